The second-order valence-corrected chi connectivity index (χ2v) is 8.72. The SMILES string of the molecule is COC(=O)c1cc(-c2ccc([C@]3(CN4Cc5ccc(OC)cc5C4=O)NC(=O)NC3=O)cc2)cnc1N. The predicted molar refractivity (Wildman–Crippen MR) is 132 cm³/mol. The Morgan fingerprint density at radius 2 is 1.84 bits per heavy atom. The van der Waals surface area contributed by atoms with Gasteiger partial charge in [0, 0.05) is 23.9 Å². The Morgan fingerprint density at radius 3 is 2.49 bits per heavy atom. The number of esters is 1. The van der Waals surface area contributed by atoms with Crippen molar-refractivity contribution < 1.29 is 28.7 Å². The monoisotopic (exact) mass is 501 g/mol. The lowest BCUT2D eigenvalue weighted by Gasteiger charge is -2.31. The number of pyridine rings is 1. The van der Waals surface area contributed by atoms with E-state index in [1.54, 1.807) is 42.5 Å². The van der Waals surface area contributed by atoms with E-state index in [1.165, 1.54) is 25.3 Å². The third kappa shape index (κ3) is 3.99. The highest BCUT2D eigenvalue weighted by atomic mass is 16.5. The zero-order valence-corrected chi connectivity index (χ0v) is 20.0. The molecule has 1 saturated heterocycles. The van der Waals surface area contributed by atoms with E-state index in [9.17, 15) is 19.2 Å². The number of amides is 4. The molecule has 0 radical (unpaired) electrons. The summed E-state index contributed by atoms with van der Waals surface area (Å²) in [4.78, 5) is 56.1. The number of nitrogens with one attached hydrogen (secondary N) is 2. The van der Waals surface area contributed by atoms with Crippen LogP contribution < -0.4 is 21.1 Å². The largest absolute Gasteiger partial charge is 0.497 e. The minimum atomic E-state index is -1.49. The van der Waals surface area contributed by atoms with Gasteiger partial charge in [-0.15, -0.1) is 0 Å². The first-order valence-corrected chi connectivity index (χ1v) is 11.3. The minimum absolute atomic E-state index is 0.0467. The first kappa shape index (κ1) is 23.8. The maximum Gasteiger partial charge on any atom is 0.341 e. The van der Waals surface area contributed by atoms with Crippen molar-refractivity contribution in [2.45, 2.75) is 12.1 Å². The number of fused-ring (bicyclic) bond motifs is 1. The first-order chi connectivity index (χ1) is 17.8. The highest BCUT2D eigenvalue weighted by Crippen LogP contribution is 2.33. The summed E-state index contributed by atoms with van der Waals surface area (Å²) < 4.78 is 9.98. The maximum atomic E-state index is 13.2. The van der Waals surface area contributed by atoms with Gasteiger partial charge in [0.25, 0.3) is 11.8 Å². The van der Waals surface area contributed by atoms with Gasteiger partial charge in [-0.2, -0.15) is 0 Å². The van der Waals surface area contributed by atoms with E-state index < -0.39 is 23.4 Å². The van der Waals surface area contributed by atoms with Gasteiger partial charge in [-0.1, -0.05) is 30.3 Å². The molecule has 4 N–H and O–H groups in total. The van der Waals surface area contributed by atoms with Crippen molar-refractivity contribution in [2.24, 2.45) is 0 Å². The molecular weight excluding hydrogens is 478 g/mol. The molecule has 3 heterocycles. The molecule has 0 spiro atoms. The predicted octanol–water partition coefficient (Wildman–Crippen LogP) is 1.82. The van der Waals surface area contributed by atoms with Crippen LogP contribution in [0.15, 0.2) is 54.7 Å². The molecule has 4 amide bonds. The molecule has 0 aliphatic carbocycles. The van der Waals surface area contributed by atoms with Gasteiger partial charge < -0.3 is 25.4 Å². The molecule has 0 bridgehead atoms. The molecule has 188 valence electrons. The Balaban J connectivity index is 1.47. The minimum Gasteiger partial charge on any atom is -0.497 e. The van der Waals surface area contributed by atoms with E-state index in [-0.39, 0.29) is 30.4 Å². The molecule has 1 atom stereocenters. The normalized spacial score (nSPS) is 18.3. The number of nitrogens with zero attached hydrogens (tertiary/aromatic N) is 2. The van der Waals surface area contributed by atoms with Crippen molar-refractivity contribution in [3.63, 3.8) is 0 Å². The topological polar surface area (TPSA) is 153 Å². The molecule has 1 aromatic heterocycles. The van der Waals surface area contributed by atoms with Gasteiger partial charge in [0.2, 0.25) is 0 Å². The van der Waals surface area contributed by atoms with E-state index in [4.69, 9.17) is 15.2 Å². The van der Waals surface area contributed by atoms with E-state index in [0.717, 1.165) is 5.56 Å². The second-order valence-electron chi connectivity index (χ2n) is 8.72. The fourth-order valence-electron chi connectivity index (χ4n) is 4.63. The van der Waals surface area contributed by atoms with Gasteiger partial charge in [0.05, 0.1) is 20.8 Å². The number of methoxy groups -OCH3 is 2. The summed E-state index contributed by atoms with van der Waals surface area (Å²) >= 11 is 0. The van der Waals surface area contributed by atoms with Crippen LogP contribution in [0.4, 0.5) is 10.6 Å². The van der Waals surface area contributed by atoms with Crippen LogP contribution in [0, 0.1) is 0 Å². The molecule has 0 unspecified atom stereocenters. The Morgan fingerprint density at radius 1 is 1.08 bits per heavy atom. The number of benzene rings is 2. The summed E-state index contributed by atoms with van der Waals surface area (Å²) in [5, 5.41) is 5.01. The van der Waals surface area contributed by atoms with Gasteiger partial charge >= 0.3 is 12.0 Å². The number of imide groups is 1. The molecule has 1 fully saturated rings. The van der Waals surface area contributed by atoms with Gasteiger partial charge in [-0.05, 0) is 34.9 Å². The highest BCUT2D eigenvalue weighted by Gasteiger charge is 2.50. The van der Waals surface area contributed by atoms with E-state index in [1.807, 2.05) is 6.07 Å². The van der Waals surface area contributed by atoms with Crippen LogP contribution in [0.5, 0.6) is 5.75 Å². The number of carbonyl (C=O) groups excluding carboxylic acids is 4. The zero-order valence-electron chi connectivity index (χ0n) is 20.0. The number of aromatic nitrogens is 1. The van der Waals surface area contributed by atoms with Crippen LogP contribution in [0.3, 0.4) is 0 Å². The van der Waals surface area contributed by atoms with Gasteiger partial charge in [0.15, 0.2) is 5.54 Å². The number of nitrogens with two attached hydrogens (primary N) is 1. The molecule has 2 aliphatic rings. The molecule has 5 rings (SSSR count). The van der Waals surface area contributed by atoms with Crippen molar-refractivity contribution in [3.05, 3.63) is 77.0 Å². The number of hydrogen-bond donors (Lipinski definition) is 3. The van der Waals surface area contributed by atoms with Gasteiger partial charge in [-0.25, -0.2) is 14.6 Å². The molecule has 0 saturated carbocycles. The molecule has 11 heteroatoms. The number of rotatable bonds is 6. The number of urea groups is 1. The average molecular weight is 501 g/mol. The van der Waals surface area contributed by atoms with Crippen LogP contribution in [0.1, 0.15) is 31.8 Å². The quantitative estimate of drug-likeness (QED) is 0.342. The number of ether oxygens (including phenoxy) is 2. The highest BCUT2D eigenvalue weighted by molar-refractivity contribution is 6.08. The van der Waals surface area contributed by atoms with Crippen molar-refractivity contribution in [2.75, 3.05) is 26.5 Å². The van der Waals surface area contributed by atoms with Gasteiger partial charge in [-0.3, -0.25) is 14.9 Å². The number of nitrogen functional groups attached to an aromatic ring is 1. The fourth-order valence-corrected chi connectivity index (χ4v) is 4.63. The third-order valence-corrected chi connectivity index (χ3v) is 6.60. The fraction of sp³-hybridized carbons (Fsp3) is 0.192. The van der Waals surface area contributed by atoms with Crippen molar-refractivity contribution in [1.29, 1.82) is 0 Å². The van der Waals surface area contributed by atoms with Crippen LogP contribution in [0.25, 0.3) is 11.1 Å². The van der Waals surface area contributed by atoms with Crippen LogP contribution >= 0.6 is 0 Å². The lowest BCUT2D eigenvalue weighted by atomic mass is 9.88. The molecular formula is C26H23N5O6. The number of anilines is 1. The molecule has 3 aromatic rings. The number of hydrogen-bond acceptors (Lipinski definition) is 8. The Bertz CT molecular complexity index is 1450. The Kier molecular flexibility index (Phi) is 5.75. The first-order valence-electron chi connectivity index (χ1n) is 11.3. The zero-order chi connectivity index (χ0) is 26.3. The van der Waals surface area contributed by atoms with E-state index in [2.05, 4.69) is 15.6 Å². The Hall–Kier alpha value is -4.93. The average Bonchev–Trinajstić information content (AvgIpc) is 3.38. The molecule has 11 nitrogen and oxygen atoms in total. The molecule has 2 aliphatic heterocycles. The van der Waals surface area contributed by atoms with Crippen LogP contribution in [0.2, 0.25) is 0 Å². The van der Waals surface area contributed by atoms with Crippen molar-refractivity contribution >= 4 is 29.6 Å². The summed E-state index contributed by atoms with van der Waals surface area (Å²) in [6.45, 7) is 0.213. The summed E-state index contributed by atoms with van der Waals surface area (Å²) in [5.41, 5.74) is 7.52. The van der Waals surface area contributed by atoms with E-state index in [0.29, 0.717) is 28.0 Å². The molecule has 37 heavy (non-hydrogen) atoms. The molecule has 2 aromatic carbocycles. The van der Waals surface area contributed by atoms with Crippen molar-refractivity contribution in [1.82, 2.24) is 20.5 Å². The lowest BCUT2D eigenvalue weighted by Crippen LogP contribution is -2.52. The summed E-state index contributed by atoms with van der Waals surface area (Å²) in [6, 6.07) is 13.0. The van der Waals surface area contributed by atoms with E-state index >= 15 is 0 Å². The summed E-state index contributed by atoms with van der Waals surface area (Å²) in [6.07, 6.45) is 1.52. The maximum absolute atomic E-state index is 13.2. The van der Waals surface area contributed by atoms with Crippen LogP contribution in [-0.4, -0.2) is 54.5 Å². The lowest BCUT2D eigenvalue weighted by molar-refractivity contribution is -0.124. The number of carbonyl (C=O) groups is 4. The van der Waals surface area contributed by atoms with Crippen LogP contribution in [-0.2, 0) is 21.6 Å². The second kappa shape index (κ2) is 8.94. The van der Waals surface area contributed by atoms with Gasteiger partial charge in [0.1, 0.15) is 17.1 Å². The Labute approximate surface area is 211 Å². The summed E-state index contributed by atoms with van der Waals surface area (Å²) in [7, 11) is 2.77. The smallest absolute Gasteiger partial charge is 0.341 e. The standard InChI is InChI=1S/C26H23N5O6/c1-36-18-8-5-15-12-31(22(32)19(15)10-18)13-26(24(34)29-25(35)30-26)17-6-3-14(4-7-17)16-9-20(23(33)37-2)21(27)28-11-16/h3-11H,12-13H2,1-2H3,(H2,27,28)(H2,29,30,34,35)/t26-/m0/s1. The van der Waals surface area contributed by atoms with Crippen molar-refractivity contribution in [3.8, 4) is 16.9 Å². The summed E-state index contributed by atoms with van der Waals surface area (Å²) in [5.74, 6) is -0.832. The third-order valence-electron chi connectivity index (χ3n) is 6.60.